The molecule has 2 rings (SSSR count). The second-order valence-electron chi connectivity index (χ2n) is 4.60. The van der Waals surface area contributed by atoms with E-state index >= 15 is 0 Å². The van der Waals surface area contributed by atoms with Crippen molar-refractivity contribution in [3.05, 3.63) is 39.9 Å². The Morgan fingerprint density at radius 2 is 1.55 bits per heavy atom. The highest BCUT2D eigenvalue weighted by molar-refractivity contribution is 5.94. The summed E-state index contributed by atoms with van der Waals surface area (Å²) in [5.41, 5.74) is 0.384. The van der Waals surface area contributed by atoms with Gasteiger partial charge in [-0.3, -0.25) is 19.7 Å². The number of amides is 2. The largest absolute Gasteiger partial charge is 0.339 e. The van der Waals surface area contributed by atoms with Gasteiger partial charge in [-0.1, -0.05) is 0 Å². The first-order valence-electron chi connectivity index (χ1n) is 6.28. The molecule has 0 aromatic heterocycles. The van der Waals surface area contributed by atoms with E-state index in [9.17, 15) is 19.7 Å². The molecule has 20 heavy (non-hydrogen) atoms. The Hall–Kier alpha value is -2.44. The highest BCUT2D eigenvalue weighted by atomic mass is 16.6. The summed E-state index contributed by atoms with van der Waals surface area (Å²) in [5.74, 6) is -0.157. The molecule has 1 saturated heterocycles. The van der Waals surface area contributed by atoms with Gasteiger partial charge in [0, 0.05) is 50.8 Å². The van der Waals surface area contributed by atoms with Gasteiger partial charge in [0.05, 0.1) is 4.92 Å². The minimum Gasteiger partial charge on any atom is -0.339 e. The highest BCUT2D eigenvalue weighted by Crippen LogP contribution is 2.14. The van der Waals surface area contributed by atoms with Gasteiger partial charge in [-0.15, -0.1) is 0 Å². The molecule has 0 bridgehead atoms. The van der Waals surface area contributed by atoms with E-state index in [0.717, 1.165) is 0 Å². The van der Waals surface area contributed by atoms with Gasteiger partial charge in [0.15, 0.2) is 0 Å². The molecule has 0 spiro atoms. The van der Waals surface area contributed by atoms with E-state index in [1.54, 1.807) is 9.80 Å². The van der Waals surface area contributed by atoms with Crippen LogP contribution in [-0.4, -0.2) is 52.7 Å². The number of piperazine rings is 1. The van der Waals surface area contributed by atoms with Crippen LogP contribution >= 0.6 is 0 Å². The molecule has 1 aliphatic rings. The number of nitro benzene ring substituents is 1. The molecule has 106 valence electrons. The number of benzene rings is 1. The third kappa shape index (κ3) is 2.93. The summed E-state index contributed by atoms with van der Waals surface area (Å²) < 4.78 is 0. The lowest BCUT2D eigenvalue weighted by Gasteiger charge is -2.34. The molecule has 1 heterocycles. The summed E-state index contributed by atoms with van der Waals surface area (Å²) >= 11 is 0. The molecule has 1 aromatic carbocycles. The molecule has 7 heteroatoms. The lowest BCUT2D eigenvalue weighted by Crippen LogP contribution is -2.50. The monoisotopic (exact) mass is 277 g/mol. The summed E-state index contributed by atoms with van der Waals surface area (Å²) in [5, 5.41) is 10.6. The van der Waals surface area contributed by atoms with Gasteiger partial charge in [0.25, 0.3) is 11.6 Å². The second-order valence-corrected chi connectivity index (χ2v) is 4.60. The van der Waals surface area contributed by atoms with Crippen molar-refractivity contribution in [1.82, 2.24) is 9.80 Å². The molecule has 2 amide bonds. The summed E-state index contributed by atoms with van der Waals surface area (Å²) in [7, 11) is 0. The number of carbonyl (C=O) groups is 2. The van der Waals surface area contributed by atoms with Crippen molar-refractivity contribution in [3.63, 3.8) is 0 Å². The number of rotatable bonds is 2. The van der Waals surface area contributed by atoms with E-state index < -0.39 is 4.92 Å². The third-order valence-electron chi connectivity index (χ3n) is 3.34. The fraction of sp³-hybridized carbons (Fsp3) is 0.385. The number of nitrogens with zero attached hydrogens (tertiary/aromatic N) is 3. The van der Waals surface area contributed by atoms with Crippen molar-refractivity contribution in [2.24, 2.45) is 0 Å². The van der Waals surface area contributed by atoms with Gasteiger partial charge in [-0.25, -0.2) is 0 Å². The Balaban J connectivity index is 2.01. The van der Waals surface area contributed by atoms with Gasteiger partial charge < -0.3 is 9.80 Å². The average molecular weight is 277 g/mol. The molecule has 0 radical (unpaired) electrons. The molecule has 7 nitrogen and oxygen atoms in total. The van der Waals surface area contributed by atoms with Gasteiger partial charge in [0.1, 0.15) is 0 Å². The van der Waals surface area contributed by atoms with Crippen molar-refractivity contribution >= 4 is 17.5 Å². The lowest BCUT2D eigenvalue weighted by molar-refractivity contribution is -0.384. The van der Waals surface area contributed by atoms with Crippen LogP contribution in [0.5, 0.6) is 0 Å². The molecule has 0 saturated carbocycles. The first-order chi connectivity index (χ1) is 9.49. The van der Waals surface area contributed by atoms with Crippen molar-refractivity contribution in [2.45, 2.75) is 6.92 Å². The first kappa shape index (κ1) is 14.0. The topological polar surface area (TPSA) is 83.8 Å². The van der Waals surface area contributed by atoms with Gasteiger partial charge in [-0.2, -0.15) is 0 Å². The average Bonchev–Trinajstić information content (AvgIpc) is 2.46. The molecule has 0 aliphatic carbocycles. The molecule has 1 fully saturated rings. The summed E-state index contributed by atoms with van der Waals surface area (Å²) in [6.07, 6.45) is 0. The molecule has 0 atom stereocenters. The number of carbonyl (C=O) groups excluding carboxylic acids is 2. The Morgan fingerprint density at radius 3 is 2.00 bits per heavy atom. The zero-order valence-corrected chi connectivity index (χ0v) is 11.1. The van der Waals surface area contributed by atoms with Gasteiger partial charge in [-0.05, 0) is 12.1 Å². The van der Waals surface area contributed by atoms with E-state index in [-0.39, 0.29) is 17.5 Å². The minimum atomic E-state index is -0.500. The Morgan fingerprint density at radius 1 is 1.05 bits per heavy atom. The van der Waals surface area contributed by atoms with Gasteiger partial charge >= 0.3 is 0 Å². The van der Waals surface area contributed by atoms with Crippen LogP contribution in [0.1, 0.15) is 17.3 Å². The standard InChI is InChI=1S/C13H15N3O4/c1-10(17)14-6-8-15(9-7-14)13(18)11-2-4-12(5-3-11)16(19)20/h2-5H,6-9H2,1H3. The number of nitro groups is 1. The van der Waals surface area contributed by atoms with Crippen molar-refractivity contribution in [2.75, 3.05) is 26.2 Å². The zero-order chi connectivity index (χ0) is 14.7. The molecule has 1 aliphatic heterocycles. The lowest BCUT2D eigenvalue weighted by atomic mass is 10.1. The summed E-state index contributed by atoms with van der Waals surface area (Å²) in [4.78, 5) is 36.8. The van der Waals surface area contributed by atoms with Crippen LogP contribution < -0.4 is 0 Å². The summed E-state index contributed by atoms with van der Waals surface area (Å²) in [6.45, 7) is 3.51. The zero-order valence-electron chi connectivity index (χ0n) is 11.1. The SMILES string of the molecule is CC(=O)N1CCN(C(=O)c2ccc([N+](=O)[O-])cc2)CC1. The Kier molecular flexibility index (Phi) is 3.97. The van der Waals surface area contributed by atoms with E-state index in [0.29, 0.717) is 31.7 Å². The van der Waals surface area contributed by atoms with Crippen molar-refractivity contribution < 1.29 is 14.5 Å². The van der Waals surface area contributed by atoms with Crippen LogP contribution in [0.4, 0.5) is 5.69 Å². The quantitative estimate of drug-likeness (QED) is 0.594. The van der Waals surface area contributed by atoms with Crippen LogP contribution in [0.3, 0.4) is 0 Å². The maximum absolute atomic E-state index is 12.2. The smallest absolute Gasteiger partial charge is 0.269 e. The van der Waals surface area contributed by atoms with Gasteiger partial charge in [0.2, 0.25) is 5.91 Å². The Bertz CT molecular complexity index is 533. The Labute approximate surface area is 115 Å². The van der Waals surface area contributed by atoms with Crippen LogP contribution in [0, 0.1) is 10.1 Å². The minimum absolute atomic E-state index is 0.00688. The molecule has 0 unspecified atom stereocenters. The van der Waals surface area contributed by atoms with E-state index in [1.165, 1.54) is 31.2 Å². The van der Waals surface area contributed by atoms with E-state index in [1.807, 2.05) is 0 Å². The second kappa shape index (κ2) is 5.68. The fourth-order valence-electron chi connectivity index (χ4n) is 2.13. The van der Waals surface area contributed by atoms with Crippen LogP contribution in [0.15, 0.2) is 24.3 Å². The van der Waals surface area contributed by atoms with E-state index in [4.69, 9.17) is 0 Å². The molecule has 0 N–H and O–H groups in total. The van der Waals surface area contributed by atoms with Crippen LogP contribution in [-0.2, 0) is 4.79 Å². The molecular formula is C13H15N3O4. The normalized spacial score (nSPS) is 15.1. The fourth-order valence-corrected chi connectivity index (χ4v) is 2.13. The van der Waals surface area contributed by atoms with E-state index in [2.05, 4.69) is 0 Å². The number of non-ortho nitro benzene ring substituents is 1. The third-order valence-corrected chi connectivity index (χ3v) is 3.34. The maximum atomic E-state index is 12.2. The van der Waals surface area contributed by atoms with Crippen LogP contribution in [0.2, 0.25) is 0 Å². The summed E-state index contributed by atoms with van der Waals surface area (Å²) in [6, 6.07) is 5.55. The molecule has 1 aromatic rings. The maximum Gasteiger partial charge on any atom is 0.269 e. The predicted octanol–water partition coefficient (Wildman–Crippen LogP) is 0.899. The molecular weight excluding hydrogens is 262 g/mol. The highest BCUT2D eigenvalue weighted by Gasteiger charge is 2.23. The van der Waals surface area contributed by atoms with Crippen LogP contribution in [0.25, 0.3) is 0 Å². The predicted molar refractivity (Wildman–Crippen MR) is 71.3 cm³/mol. The van der Waals surface area contributed by atoms with Crippen molar-refractivity contribution in [1.29, 1.82) is 0 Å². The number of hydrogen-bond donors (Lipinski definition) is 0. The first-order valence-corrected chi connectivity index (χ1v) is 6.28. The van der Waals surface area contributed by atoms with Crippen molar-refractivity contribution in [3.8, 4) is 0 Å². The number of hydrogen-bond acceptors (Lipinski definition) is 4.